The highest BCUT2D eigenvalue weighted by Gasteiger charge is 2.21. The summed E-state index contributed by atoms with van der Waals surface area (Å²) < 4.78 is 7.16. The van der Waals surface area contributed by atoms with E-state index in [2.05, 4.69) is 36.4 Å². The fraction of sp³-hybridized carbons (Fsp3) is 0.500. The van der Waals surface area contributed by atoms with E-state index in [1.54, 1.807) is 23.0 Å². The lowest BCUT2D eigenvalue weighted by molar-refractivity contribution is -0.122. The molecular formula is C28H40N6O3. The number of phenols is 1. The molecule has 0 saturated heterocycles. The monoisotopic (exact) mass is 508 g/mol. The molecule has 2 heterocycles. The van der Waals surface area contributed by atoms with Gasteiger partial charge in [0, 0.05) is 43.3 Å². The molecule has 3 rings (SSSR count). The average Bonchev–Trinajstić information content (AvgIpc) is 3.37. The molecule has 0 unspecified atom stereocenters. The lowest BCUT2D eigenvalue weighted by Crippen LogP contribution is -2.41. The predicted molar refractivity (Wildman–Crippen MR) is 146 cm³/mol. The van der Waals surface area contributed by atoms with Crippen LogP contribution in [0, 0.1) is 5.92 Å². The van der Waals surface area contributed by atoms with Crippen LogP contribution in [0.3, 0.4) is 0 Å². The van der Waals surface area contributed by atoms with Gasteiger partial charge in [-0.15, -0.1) is 0 Å². The number of aromatic nitrogens is 4. The van der Waals surface area contributed by atoms with E-state index in [4.69, 9.17) is 14.7 Å². The lowest BCUT2D eigenvalue weighted by atomic mass is 10.0. The number of hydrogen-bond acceptors (Lipinski definition) is 7. The van der Waals surface area contributed by atoms with Gasteiger partial charge in [-0.2, -0.15) is 4.98 Å². The Hall–Kier alpha value is -3.46. The van der Waals surface area contributed by atoms with Crippen LogP contribution in [0.2, 0.25) is 0 Å². The number of aryl methyl sites for hydroxylation is 1. The molecule has 200 valence electrons. The summed E-state index contributed by atoms with van der Waals surface area (Å²) in [5.41, 5.74) is 2.55. The van der Waals surface area contributed by atoms with Crippen molar-refractivity contribution in [2.24, 2.45) is 5.92 Å². The van der Waals surface area contributed by atoms with E-state index < -0.39 is 6.04 Å². The van der Waals surface area contributed by atoms with Crippen LogP contribution >= 0.6 is 0 Å². The number of nitrogens with one attached hydrogen (secondary N) is 2. The number of unbranched alkanes of at least 4 members (excludes halogenated alkanes) is 1. The van der Waals surface area contributed by atoms with Gasteiger partial charge >= 0.3 is 0 Å². The minimum absolute atomic E-state index is 0.0438. The van der Waals surface area contributed by atoms with Crippen molar-refractivity contribution in [2.45, 2.75) is 65.8 Å². The number of ether oxygens (including phenoxy) is 1. The van der Waals surface area contributed by atoms with Gasteiger partial charge in [0.25, 0.3) is 0 Å². The van der Waals surface area contributed by atoms with E-state index in [0.29, 0.717) is 43.9 Å². The second kappa shape index (κ2) is 14.3. The van der Waals surface area contributed by atoms with Crippen molar-refractivity contribution in [3.63, 3.8) is 0 Å². The number of carbonyl (C=O) groups excluding carboxylic acids is 1. The van der Waals surface area contributed by atoms with Crippen LogP contribution in [0.5, 0.6) is 5.75 Å². The Balaban J connectivity index is 1.82. The topological polar surface area (TPSA) is 114 Å². The highest BCUT2D eigenvalue weighted by molar-refractivity contribution is 5.84. The summed E-state index contributed by atoms with van der Waals surface area (Å²) >= 11 is 0. The third-order valence-corrected chi connectivity index (χ3v) is 5.84. The van der Waals surface area contributed by atoms with Crippen LogP contribution in [0.25, 0.3) is 17.2 Å². The van der Waals surface area contributed by atoms with Crippen molar-refractivity contribution in [1.82, 2.24) is 24.8 Å². The Morgan fingerprint density at radius 2 is 1.92 bits per heavy atom. The fourth-order valence-electron chi connectivity index (χ4n) is 3.91. The third-order valence-electron chi connectivity index (χ3n) is 5.84. The number of phenolic OH excluding ortho intramolecular Hbond substituents is 1. The first-order valence-electron chi connectivity index (χ1n) is 13.2. The standard InChI is InChI=1S/C28H40N6O3/c1-5-7-9-22-17-26(32-24(16-20(3)4)27(36)29-14-8-15-37-6-2)33-28(31-22)34-18-25(30-19-34)21-10-12-23(35)13-11-21/h10-13,17-20,24,35H,5-9,14-16H2,1-4H3,(H,29,36)(H,31,32,33)/t24-/m0/s1. The number of imidazole rings is 1. The smallest absolute Gasteiger partial charge is 0.242 e. The summed E-state index contributed by atoms with van der Waals surface area (Å²) in [5, 5.41) is 16.0. The Bertz CT molecular complexity index is 1110. The summed E-state index contributed by atoms with van der Waals surface area (Å²) in [4.78, 5) is 27.0. The third kappa shape index (κ3) is 8.86. The molecular weight excluding hydrogens is 468 g/mol. The van der Waals surface area contributed by atoms with E-state index >= 15 is 0 Å². The van der Waals surface area contributed by atoms with Crippen molar-refractivity contribution < 1.29 is 14.6 Å². The Kier molecular flexibility index (Phi) is 10.9. The first-order valence-corrected chi connectivity index (χ1v) is 13.2. The first kappa shape index (κ1) is 28.1. The molecule has 0 bridgehead atoms. The molecule has 0 aliphatic heterocycles. The van der Waals surface area contributed by atoms with Crippen LogP contribution in [-0.2, 0) is 16.0 Å². The summed E-state index contributed by atoms with van der Waals surface area (Å²) in [5.74, 6) is 1.60. The minimum atomic E-state index is -0.413. The number of aromatic hydroxyl groups is 1. The van der Waals surface area contributed by atoms with Crippen molar-refractivity contribution in [1.29, 1.82) is 0 Å². The van der Waals surface area contributed by atoms with Crippen LogP contribution < -0.4 is 10.6 Å². The zero-order chi connectivity index (χ0) is 26.6. The maximum absolute atomic E-state index is 13.0. The van der Waals surface area contributed by atoms with Crippen molar-refractivity contribution in [3.05, 3.63) is 48.5 Å². The summed E-state index contributed by atoms with van der Waals surface area (Å²) in [6.07, 6.45) is 7.88. The molecule has 1 aromatic carbocycles. The van der Waals surface area contributed by atoms with Gasteiger partial charge in [0.05, 0.1) is 5.69 Å². The van der Waals surface area contributed by atoms with Gasteiger partial charge in [0.1, 0.15) is 23.9 Å². The minimum Gasteiger partial charge on any atom is -0.508 e. The number of nitrogens with zero attached hydrogens (tertiary/aromatic N) is 4. The number of anilines is 1. The second-order valence-electron chi connectivity index (χ2n) is 9.53. The number of hydrogen-bond donors (Lipinski definition) is 3. The molecule has 3 N–H and O–H groups in total. The highest BCUT2D eigenvalue weighted by atomic mass is 16.5. The zero-order valence-electron chi connectivity index (χ0n) is 22.4. The normalized spacial score (nSPS) is 12.0. The fourth-order valence-corrected chi connectivity index (χ4v) is 3.91. The van der Waals surface area contributed by atoms with E-state index in [0.717, 1.165) is 42.6 Å². The second-order valence-corrected chi connectivity index (χ2v) is 9.53. The van der Waals surface area contributed by atoms with Crippen LogP contribution in [0.1, 0.15) is 59.1 Å². The molecule has 0 aliphatic carbocycles. The molecule has 1 atom stereocenters. The van der Waals surface area contributed by atoms with Gasteiger partial charge in [-0.25, -0.2) is 9.97 Å². The summed E-state index contributed by atoms with van der Waals surface area (Å²) in [7, 11) is 0. The predicted octanol–water partition coefficient (Wildman–Crippen LogP) is 4.75. The van der Waals surface area contributed by atoms with Gasteiger partial charge in [-0.1, -0.05) is 27.2 Å². The van der Waals surface area contributed by atoms with E-state index in [-0.39, 0.29) is 11.7 Å². The Labute approximate surface area is 219 Å². The molecule has 9 heteroatoms. The Morgan fingerprint density at radius 3 is 2.62 bits per heavy atom. The summed E-state index contributed by atoms with van der Waals surface area (Å²) in [6, 6.07) is 8.43. The van der Waals surface area contributed by atoms with Gasteiger partial charge < -0.3 is 20.5 Å². The van der Waals surface area contributed by atoms with Crippen molar-refractivity contribution >= 4 is 11.7 Å². The quantitative estimate of drug-likeness (QED) is 0.254. The van der Waals surface area contributed by atoms with Crippen LogP contribution in [-0.4, -0.2) is 56.3 Å². The Morgan fingerprint density at radius 1 is 1.14 bits per heavy atom. The van der Waals surface area contributed by atoms with Gasteiger partial charge in [0.2, 0.25) is 11.9 Å². The van der Waals surface area contributed by atoms with Gasteiger partial charge in [-0.3, -0.25) is 9.36 Å². The lowest BCUT2D eigenvalue weighted by Gasteiger charge is -2.21. The molecule has 0 fully saturated rings. The summed E-state index contributed by atoms with van der Waals surface area (Å²) in [6.45, 7) is 10.2. The van der Waals surface area contributed by atoms with Crippen LogP contribution in [0.15, 0.2) is 42.9 Å². The molecule has 2 aromatic heterocycles. The van der Waals surface area contributed by atoms with Crippen molar-refractivity contribution in [3.8, 4) is 23.0 Å². The number of benzene rings is 1. The largest absolute Gasteiger partial charge is 0.508 e. The van der Waals surface area contributed by atoms with Crippen LogP contribution in [0.4, 0.5) is 5.82 Å². The first-order chi connectivity index (χ1) is 17.9. The highest BCUT2D eigenvalue weighted by Crippen LogP contribution is 2.22. The molecule has 0 aliphatic rings. The van der Waals surface area contributed by atoms with E-state index in [9.17, 15) is 9.90 Å². The molecule has 0 spiro atoms. The maximum atomic E-state index is 13.0. The number of rotatable bonds is 15. The zero-order valence-corrected chi connectivity index (χ0v) is 22.4. The van der Waals surface area contributed by atoms with E-state index in [1.807, 2.05) is 31.3 Å². The molecule has 0 radical (unpaired) electrons. The van der Waals surface area contributed by atoms with Crippen molar-refractivity contribution in [2.75, 3.05) is 25.1 Å². The molecule has 9 nitrogen and oxygen atoms in total. The molecule has 1 amide bonds. The van der Waals surface area contributed by atoms with Gasteiger partial charge in [-0.05, 0) is 62.8 Å². The molecule has 3 aromatic rings. The number of carbonyl (C=O) groups is 1. The maximum Gasteiger partial charge on any atom is 0.242 e. The SMILES string of the molecule is CCCCc1cc(N[C@@H](CC(C)C)C(=O)NCCCOCC)nc(-n2cnc(-c3ccc(O)cc3)c2)n1. The molecule has 0 saturated carbocycles. The van der Waals surface area contributed by atoms with E-state index in [1.165, 1.54) is 0 Å². The number of amides is 1. The molecule has 37 heavy (non-hydrogen) atoms. The van der Waals surface area contributed by atoms with Gasteiger partial charge in [0.15, 0.2) is 0 Å². The average molecular weight is 509 g/mol.